The van der Waals surface area contributed by atoms with Crippen LogP contribution in [-0.4, -0.2) is 27.1 Å². The maximum absolute atomic E-state index is 5.98. The van der Waals surface area contributed by atoms with E-state index >= 15 is 0 Å². The Morgan fingerprint density at radius 3 is 2.27 bits per heavy atom. The van der Waals surface area contributed by atoms with Crippen LogP contribution in [0.5, 0.6) is 11.5 Å². The van der Waals surface area contributed by atoms with Gasteiger partial charge in [0.05, 0.1) is 6.61 Å². The second-order valence-corrected chi connectivity index (χ2v) is 6.73. The average molecular weight is 369 g/mol. The number of hydrogen-bond donors (Lipinski definition) is 0. The van der Waals surface area contributed by atoms with Crippen LogP contribution in [0.2, 0.25) is 0 Å². The van der Waals surface area contributed by atoms with E-state index < -0.39 is 0 Å². The van der Waals surface area contributed by atoms with Gasteiger partial charge in [-0.15, -0.1) is 10.2 Å². The van der Waals surface area contributed by atoms with Crippen molar-refractivity contribution in [3.63, 3.8) is 0 Å². The molecular formula is C20H23N3O2S. The normalized spacial score (nSPS) is 11.9. The zero-order valence-corrected chi connectivity index (χ0v) is 15.9. The van der Waals surface area contributed by atoms with Gasteiger partial charge in [-0.1, -0.05) is 48.2 Å². The van der Waals surface area contributed by atoms with Crippen molar-refractivity contribution < 1.29 is 9.47 Å². The third kappa shape index (κ3) is 4.79. The Labute approximate surface area is 158 Å². The molecular weight excluding hydrogens is 346 g/mol. The predicted octanol–water partition coefficient (Wildman–Crippen LogP) is 4.61. The first-order valence-corrected chi connectivity index (χ1v) is 9.72. The molecule has 136 valence electrons. The Hall–Kier alpha value is -2.47. The summed E-state index contributed by atoms with van der Waals surface area (Å²) in [5.41, 5.74) is 0. The molecule has 1 heterocycles. The van der Waals surface area contributed by atoms with E-state index in [1.165, 1.54) is 0 Å². The van der Waals surface area contributed by atoms with Crippen LogP contribution in [0.1, 0.15) is 25.8 Å². The van der Waals surface area contributed by atoms with Crippen LogP contribution in [0.3, 0.4) is 0 Å². The monoisotopic (exact) mass is 369 g/mol. The van der Waals surface area contributed by atoms with Crippen LogP contribution in [0, 0.1) is 0 Å². The van der Waals surface area contributed by atoms with E-state index in [0.717, 1.165) is 34.8 Å². The Balaban J connectivity index is 1.57. The Morgan fingerprint density at radius 2 is 1.62 bits per heavy atom. The van der Waals surface area contributed by atoms with Crippen LogP contribution in [0.4, 0.5) is 0 Å². The number of thioether (sulfide) groups is 1. The van der Waals surface area contributed by atoms with Crippen molar-refractivity contribution in [3.05, 3.63) is 66.5 Å². The maximum Gasteiger partial charge on any atom is 0.191 e. The smallest absolute Gasteiger partial charge is 0.191 e. The molecule has 26 heavy (non-hydrogen) atoms. The lowest BCUT2D eigenvalue weighted by atomic mass is 10.3. The molecule has 0 unspecified atom stereocenters. The molecule has 0 saturated heterocycles. The zero-order chi connectivity index (χ0) is 18.2. The number of benzene rings is 2. The highest BCUT2D eigenvalue weighted by Crippen LogP contribution is 2.24. The number of para-hydroxylation sites is 2. The summed E-state index contributed by atoms with van der Waals surface area (Å²) < 4.78 is 13.8. The minimum atomic E-state index is -0.167. The molecule has 6 heteroatoms. The molecule has 0 fully saturated rings. The Morgan fingerprint density at radius 1 is 0.962 bits per heavy atom. The summed E-state index contributed by atoms with van der Waals surface area (Å²) in [6, 6.07) is 19.6. The first-order valence-electron chi connectivity index (χ1n) is 8.73. The Bertz CT molecular complexity index is 793. The molecule has 1 atom stereocenters. The lowest BCUT2D eigenvalue weighted by Gasteiger charge is -2.15. The van der Waals surface area contributed by atoms with Crippen LogP contribution in [0.25, 0.3) is 0 Å². The minimum absolute atomic E-state index is 0.167. The second-order valence-electron chi connectivity index (χ2n) is 5.67. The number of nitrogens with zero attached hydrogens (tertiary/aromatic N) is 3. The molecule has 0 aliphatic carbocycles. The van der Waals surface area contributed by atoms with Gasteiger partial charge in [-0.2, -0.15) is 0 Å². The van der Waals surface area contributed by atoms with Gasteiger partial charge in [0.1, 0.15) is 11.5 Å². The summed E-state index contributed by atoms with van der Waals surface area (Å²) >= 11 is 1.64. The van der Waals surface area contributed by atoms with Crippen LogP contribution >= 0.6 is 11.8 Å². The van der Waals surface area contributed by atoms with E-state index in [1.807, 2.05) is 67.6 Å². The fourth-order valence-electron chi connectivity index (χ4n) is 2.57. The largest absolute Gasteiger partial charge is 0.493 e. The summed E-state index contributed by atoms with van der Waals surface area (Å²) in [5.74, 6) is 3.36. The topological polar surface area (TPSA) is 49.2 Å². The van der Waals surface area contributed by atoms with E-state index in [1.54, 1.807) is 11.8 Å². The van der Waals surface area contributed by atoms with Gasteiger partial charge in [0, 0.05) is 12.3 Å². The minimum Gasteiger partial charge on any atom is -0.493 e. The first kappa shape index (κ1) is 18.3. The van der Waals surface area contributed by atoms with E-state index in [9.17, 15) is 0 Å². The molecule has 0 aliphatic heterocycles. The molecule has 0 saturated carbocycles. The van der Waals surface area contributed by atoms with Crippen molar-refractivity contribution in [2.75, 3.05) is 12.4 Å². The highest BCUT2D eigenvalue weighted by atomic mass is 32.2. The van der Waals surface area contributed by atoms with E-state index in [-0.39, 0.29) is 6.10 Å². The van der Waals surface area contributed by atoms with Crippen molar-refractivity contribution >= 4 is 11.8 Å². The van der Waals surface area contributed by atoms with Crippen LogP contribution < -0.4 is 9.47 Å². The standard InChI is InChI=1S/C20H23N3O2S/c1-3-23-19(16(2)25-18-12-8-5-9-13-18)21-22-20(23)26-15-14-24-17-10-6-4-7-11-17/h4-13,16H,3,14-15H2,1-2H3/t16-/m0/s1. The fraction of sp³-hybridized carbons (Fsp3) is 0.300. The van der Waals surface area contributed by atoms with Crippen molar-refractivity contribution in [1.82, 2.24) is 14.8 Å². The highest BCUT2D eigenvalue weighted by Gasteiger charge is 2.18. The molecule has 0 N–H and O–H groups in total. The van der Waals surface area contributed by atoms with Crippen LogP contribution in [-0.2, 0) is 6.54 Å². The quantitative estimate of drug-likeness (QED) is 0.407. The summed E-state index contributed by atoms with van der Waals surface area (Å²) in [7, 11) is 0. The van der Waals surface area contributed by atoms with E-state index in [2.05, 4.69) is 21.7 Å². The summed E-state index contributed by atoms with van der Waals surface area (Å²) in [6.07, 6.45) is -0.167. The molecule has 0 amide bonds. The van der Waals surface area contributed by atoms with Gasteiger partial charge < -0.3 is 14.0 Å². The molecule has 3 aromatic rings. The molecule has 0 aliphatic rings. The van der Waals surface area contributed by atoms with Crippen molar-refractivity contribution in [3.8, 4) is 11.5 Å². The summed E-state index contributed by atoms with van der Waals surface area (Å²) in [6.45, 7) is 5.51. The Kier molecular flexibility index (Phi) is 6.55. The third-order valence-corrected chi connectivity index (χ3v) is 4.74. The van der Waals surface area contributed by atoms with Gasteiger partial charge in [-0.25, -0.2) is 0 Å². The maximum atomic E-state index is 5.98. The fourth-order valence-corrected chi connectivity index (χ4v) is 3.40. The lowest BCUT2D eigenvalue weighted by molar-refractivity contribution is 0.210. The van der Waals surface area contributed by atoms with E-state index in [0.29, 0.717) is 6.61 Å². The molecule has 1 aromatic heterocycles. The molecule has 5 nitrogen and oxygen atoms in total. The SMILES string of the molecule is CCn1c(SCCOc2ccccc2)nnc1[C@H](C)Oc1ccccc1. The summed E-state index contributed by atoms with van der Waals surface area (Å²) in [5, 5.41) is 9.57. The number of rotatable bonds is 9. The molecule has 2 aromatic carbocycles. The van der Waals surface area contributed by atoms with Crippen molar-refractivity contribution in [1.29, 1.82) is 0 Å². The summed E-state index contributed by atoms with van der Waals surface area (Å²) in [4.78, 5) is 0. The van der Waals surface area contributed by atoms with Gasteiger partial charge in [0.25, 0.3) is 0 Å². The van der Waals surface area contributed by atoms with Gasteiger partial charge in [0.15, 0.2) is 17.1 Å². The average Bonchev–Trinajstić information content (AvgIpc) is 3.10. The van der Waals surface area contributed by atoms with E-state index in [4.69, 9.17) is 9.47 Å². The van der Waals surface area contributed by atoms with Gasteiger partial charge in [-0.3, -0.25) is 0 Å². The molecule has 3 rings (SSSR count). The molecule has 0 radical (unpaired) electrons. The number of ether oxygens (including phenoxy) is 2. The lowest BCUT2D eigenvalue weighted by Crippen LogP contribution is -2.12. The predicted molar refractivity (Wildman–Crippen MR) is 104 cm³/mol. The molecule has 0 bridgehead atoms. The first-order chi connectivity index (χ1) is 12.8. The van der Waals surface area contributed by atoms with Gasteiger partial charge in [0.2, 0.25) is 0 Å². The zero-order valence-electron chi connectivity index (χ0n) is 15.0. The van der Waals surface area contributed by atoms with Crippen molar-refractivity contribution in [2.45, 2.75) is 31.7 Å². The number of hydrogen-bond acceptors (Lipinski definition) is 5. The second kappa shape index (κ2) is 9.29. The van der Waals surface area contributed by atoms with Crippen LogP contribution in [0.15, 0.2) is 65.8 Å². The van der Waals surface area contributed by atoms with Crippen molar-refractivity contribution in [2.24, 2.45) is 0 Å². The third-order valence-electron chi connectivity index (χ3n) is 3.81. The van der Waals surface area contributed by atoms with Gasteiger partial charge >= 0.3 is 0 Å². The highest BCUT2D eigenvalue weighted by molar-refractivity contribution is 7.99. The van der Waals surface area contributed by atoms with Gasteiger partial charge in [-0.05, 0) is 38.1 Å². The molecule has 0 spiro atoms. The number of aromatic nitrogens is 3.